The number of carbonyl (C=O) groups is 1. The van der Waals surface area contributed by atoms with Crippen LogP contribution in [0.5, 0.6) is 23.0 Å². The molecule has 8 heteroatoms. The van der Waals surface area contributed by atoms with Crippen molar-refractivity contribution in [3.8, 4) is 45.3 Å². The van der Waals surface area contributed by atoms with Gasteiger partial charge in [0.15, 0.2) is 17.2 Å². The van der Waals surface area contributed by atoms with Crippen LogP contribution in [0.3, 0.4) is 0 Å². The number of aryl methyl sites for hydroxylation is 2. The first kappa shape index (κ1) is 38.2. The van der Waals surface area contributed by atoms with E-state index >= 15 is 0 Å². The van der Waals surface area contributed by atoms with E-state index in [1.54, 1.807) is 30.6 Å². The maximum Gasteiger partial charge on any atom is 0.336 e. The Morgan fingerprint density at radius 2 is 1.17 bits per heavy atom. The van der Waals surface area contributed by atoms with Gasteiger partial charge in [-0.05, 0) is 100 Å². The second-order valence-corrected chi connectivity index (χ2v) is 15.3. The fraction of sp³-hybridized carbons (Fsp3) is 0.0800. The third-order valence-corrected chi connectivity index (χ3v) is 11.4. The Balaban J connectivity index is 1.19. The molecule has 286 valence electrons. The molecule has 2 aromatic heterocycles. The number of aliphatic carboxylic acids is 1. The zero-order valence-corrected chi connectivity index (χ0v) is 33.4. The van der Waals surface area contributed by atoms with E-state index in [0.717, 1.165) is 54.6 Å². The van der Waals surface area contributed by atoms with Crippen molar-refractivity contribution in [2.24, 2.45) is 0 Å². The first-order valence-corrected chi connectivity index (χ1v) is 19.9. The van der Waals surface area contributed by atoms with Crippen LogP contribution in [0.25, 0.3) is 44.0 Å². The van der Waals surface area contributed by atoms with Crippen LogP contribution >= 0.6 is 22.9 Å². The first-order chi connectivity index (χ1) is 28.3. The number of hydrogen-bond donors (Lipinski definition) is 1. The lowest BCUT2D eigenvalue weighted by Crippen LogP contribution is -2.01. The van der Waals surface area contributed by atoms with Gasteiger partial charge >= 0.3 is 5.97 Å². The van der Waals surface area contributed by atoms with Crippen LogP contribution in [-0.4, -0.2) is 16.1 Å². The van der Waals surface area contributed by atoms with Crippen LogP contribution in [0.4, 0.5) is 0 Å². The molecule has 2 heterocycles. The number of benzene rings is 6. The van der Waals surface area contributed by atoms with Gasteiger partial charge in [-0.15, -0.1) is 11.3 Å². The van der Waals surface area contributed by atoms with Crippen molar-refractivity contribution in [2.45, 2.75) is 27.1 Å². The second kappa shape index (κ2) is 17.2. The van der Waals surface area contributed by atoms with E-state index in [-0.39, 0.29) is 12.2 Å². The number of aromatic nitrogens is 1. The molecule has 0 spiro atoms. The molecule has 0 bridgehead atoms. The molecule has 0 saturated heterocycles. The number of thiophene rings is 1. The number of fused-ring (bicyclic) bond motifs is 1. The lowest BCUT2D eigenvalue weighted by molar-refractivity contribution is -0.130. The first-order valence-electron chi connectivity index (χ1n) is 18.7. The van der Waals surface area contributed by atoms with Gasteiger partial charge < -0.3 is 19.3 Å². The average molecular weight is 800 g/mol. The Hall–Kier alpha value is -6.67. The minimum atomic E-state index is -1.07. The molecule has 0 aliphatic heterocycles. The summed E-state index contributed by atoms with van der Waals surface area (Å²) in [6.45, 7) is 4.45. The van der Waals surface area contributed by atoms with Gasteiger partial charge in [0.2, 0.25) is 0 Å². The molecule has 6 aromatic carbocycles. The molecular weight excluding hydrogens is 762 g/mol. The van der Waals surface area contributed by atoms with E-state index in [2.05, 4.69) is 77.8 Å². The summed E-state index contributed by atoms with van der Waals surface area (Å²) >= 11 is 7.95. The van der Waals surface area contributed by atoms with Crippen LogP contribution < -0.4 is 14.2 Å². The van der Waals surface area contributed by atoms with Crippen molar-refractivity contribution in [1.29, 1.82) is 0 Å². The minimum absolute atomic E-state index is 0.105. The van der Waals surface area contributed by atoms with Crippen LogP contribution in [0.2, 0.25) is 5.02 Å². The summed E-state index contributed by atoms with van der Waals surface area (Å²) in [7, 11) is 0. The number of carboxylic acid groups (broad SMARTS) is 1. The average Bonchev–Trinajstić information content (AvgIpc) is 3.58. The number of ether oxygens (including phenoxy) is 3. The van der Waals surface area contributed by atoms with Crippen molar-refractivity contribution >= 4 is 50.6 Å². The van der Waals surface area contributed by atoms with Crippen molar-refractivity contribution in [2.75, 3.05) is 0 Å². The molecule has 0 atom stereocenters. The molecular formula is C50H38ClNO5S. The summed E-state index contributed by atoms with van der Waals surface area (Å²) in [6.07, 6.45) is 4.80. The second-order valence-electron chi connectivity index (χ2n) is 13.9. The lowest BCUT2D eigenvalue weighted by Gasteiger charge is -2.15. The van der Waals surface area contributed by atoms with E-state index in [0.29, 0.717) is 45.1 Å². The summed E-state index contributed by atoms with van der Waals surface area (Å²) in [4.78, 5) is 17.4. The predicted octanol–water partition coefficient (Wildman–Crippen LogP) is 13.5. The van der Waals surface area contributed by atoms with Gasteiger partial charge in [0.05, 0.1) is 10.5 Å². The standard InChI is InChI=1S/C50H38ClNO5S/c1-32-25-41(26-33(2)48(32)51)57-49-43-27-44(55-30-34-13-17-38(18-14-34)36-9-5-3-6-10-36)45(56-31-35-15-19-39(20-16-35)37-11-7-4-8-12-37)29-46(43)58-47(49)28-42(50(53)54)40-21-23-52-24-22-40/h3-29H,30-31H2,1-2H3,(H,53,54)/b42-28+. The molecule has 0 radical (unpaired) electrons. The molecule has 0 saturated carbocycles. The zero-order valence-electron chi connectivity index (χ0n) is 31.8. The largest absolute Gasteiger partial charge is 0.485 e. The summed E-state index contributed by atoms with van der Waals surface area (Å²) in [5.74, 6) is 1.07. The number of carboxylic acids is 1. The third-order valence-electron chi connectivity index (χ3n) is 9.77. The highest BCUT2D eigenvalue weighted by Gasteiger charge is 2.21. The molecule has 0 aliphatic rings. The molecule has 8 aromatic rings. The Labute approximate surface area is 346 Å². The summed E-state index contributed by atoms with van der Waals surface area (Å²) in [5.41, 5.74) is 8.88. The minimum Gasteiger partial charge on any atom is -0.485 e. The van der Waals surface area contributed by atoms with Gasteiger partial charge in [-0.1, -0.05) is 121 Å². The van der Waals surface area contributed by atoms with Crippen LogP contribution in [0.15, 0.2) is 158 Å². The monoisotopic (exact) mass is 799 g/mol. The molecule has 0 aliphatic carbocycles. The highest BCUT2D eigenvalue weighted by molar-refractivity contribution is 7.20. The van der Waals surface area contributed by atoms with Crippen molar-refractivity contribution in [3.05, 3.63) is 196 Å². The molecule has 0 fully saturated rings. The molecule has 0 amide bonds. The number of halogens is 1. The molecule has 0 unspecified atom stereocenters. The van der Waals surface area contributed by atoms with Crippen LogP contribution in [0.1, 0.15) is 32.7 Å². The lowest BCUT2D eigenvalue weighted by atomic mass is 10.0. The maximum atomic E-state index is 12.7. The van der Waals surface area contributed by atoms with Gasteiger partial charge in [0, 0.05) is 33.6 Å². The Bertz CT molecular complexity index is 2710. The van der Waals surface area contributed by atoms with E-state index in [4.69, 9.17) is 25.8 Å². The Morgan fingerprint density at radius 1 is 0.672 bits per heavy atom. The highest BCUT2D eigenvalue weighted by atomic mass is 35.5. The van der Waals surface area contributed by atoms with Crippen molar-refractivity contribution in [3.63, 3.8) is 0 Å². The van der Waals surface area contributed by atoms with Crippen LogP contribution in [-0.2, 0) is 18.0 Å². The third kappa shape index (κ3) is 8.66. The molecule has 8 rings (SSSR count). The zero-order chi connectivity index (χ0) is 40.0. The topological polar surface area (TPSA) is 77.9 Å². The van der Waals surface area contributed by atoms with Crippen molar-refractivity contribution in [1.82, 2.24) is 4.98 Å². The number of pyridine rings is 1. The van der Waals surface area contributed by atoms with Gasteiger partial charge in [-0.3, -0.25) is 4.98 Å². The highest BCUT2D eigenvalue weighted by Crippen LogP contribution is 2.47. The van der Waals surface area contributed by atoms with E-state index in [1.165, 1.54) is 11.3 Å². The van der Waals surface area contributed by atoms with Gasteiger partial charge in [-0.2, -0.15) is 0 Å². The van der Waals surface area contributed by atoms with Gasteiger partial charge in [0.25, 0.3) is 0 Å². The van der Waals surface area contributed by atoms with Crippen LogP contribution in [0, 0.1) is 13.8 Å². The van der Waals surface area contributed by atoms with Crippen molar-refractivity contribution < 1.29 is 24.1 Å². The van der Waals surface area contributed by atoms with E-state index in [9.17, 15) is 9.90 Å². The quantitative estimate of drug-likeness (QED) is 0.117. The van der Waals surface area contributed by atoms with E-state index in [1.807, 2.05) is 74.5 Å². The Kier molecular flexibility index (Phi) is 11.3. The van der Waals surface area contributed by atoms with Gasteiger partial charge in [-0.25, -0.2) is 4.79 Å². The summed E-state index contributed by atoms with van der Waals surface area (Å²) < 4.78 is 20.7. The fourth-order valence-corrected chi connectivity index (χ4v) is 7.91. The normalized spacial score (nSPS) is 11.4. The smallest absolute Gasteiger partial charge is 0.336 e. The fourth-order valence-electron chi connectivity index (χ4n) is 6.71. The Morgan fingerprint density at radius 3 is 1.69 bits per heavy atom. The summed E-state index contributed by atoms with van der Waals surface area (Å²) in [5, 5.41) is 11.8. The molecule has 6 nitrogen and oxygen atoms in total. The SMILES string of the molecule is Cc1cc(Oc2c(/C=C(/C(=O)O)c3ccncc3)sc3cc(OCc4ccc(-c5ccccc5)cc4)c(OCc4ccc(-c5ccccc5)cc4)cc23)cc(C)c1Cl. The predicted molar refractivity (Wildman–Crippen MR) is 235 cm³/mol. The number of nitrogens with zero attached hydrogens (tertiary/aromatic N) is 1. The number of rotatable bonds is 13. The molecule has 1 N–H and O–H groups in total. The van der Waals surface area contributed by atoms with Gasteiger partial charge in [0.1, 0.15) is 19.0 Å². The maximum absolute atomic E-state index is 12.7. The van der Waals surface area contributed by atoms with E-state index < -0.39 is 5.97 Å². The summed E-state index contributed by atoms with van der Waals surface area (Å²) in [6, 6.07) is 48.1. The number of hydrogen-bond acceptors (Lipinski definition) is 6. The molecule has 58 heavy (non-hydrogen) atoms.